The molecular weight excluding hydrogens is 322 g/mol. The van der Waals surface area contributed by atoms with Gasteiger partial charge in [0, 0.05) is 24.0 Å². The summed E-state index contributed by atoms with van der Waals surface area (Å²) in [7, 11) is 2.18. The van der Waals surface area contributed by atoms with Crippen LogP contribution in [0.3, 0.4) is 0 Å². The fourth-order valence-corrected chi connectivity index (χ4v) is 4.69. The average Bonchev–Trinajstić information content (AvgIpc) is 3.33. The number of amides is 1. The molecule has 0 unspecified atom stereocenters. The summed E-state index contributed by atoms with van der Waals surface area (Å²) in [5.41, 5.74) is 1.45. The largest absolute Gasteiger partial charge is 0.462 e. The topological polar surface area (TPSA) is 49.6 Å². The molecule has 0 bridgehead atoms. The molecule has 2 saturated heterocycles. The van der Waals surface area contributed by atoms with Gasteiger partial charge in [0.05, 0.1) is 10.6 Å². The van der Waals surface area contributed by atoms with Crippen LogP contribution in [0.5, 0.6) is 0 Å². The zero-order valence-corrected chi connectivity index (χ0v) is 15.0. The molecule has 1 amide bonds. The van der Waals surface area contributed by atoms with E-state index in [1.807, 2.05) is 18.4 Å². The Balaban J connectivity index is 1.54. The maximum Gasteiger partial charge on any atom is 0.257 e. The monoisotopic (exact) mass is 345 g/mol. The summed E-state index contributed by atoms with van der Waals surface area (Å²) in [4.78, 5) is 21.9. The lowest BCUT2D eigenvalue weighted by molar-refractivity contribution is 0.0663. The summed E-state index contributed by atoms with van der Waals surface area (Å²) in [5.74, 6) is 0.774. The second-order valence-electron chi connectivity index (χ2n) is 6.85. The van der Waals surface area contributed by atoms with Gasteiger partial charge in [-0.15, -0.1) is 11.3 Å². The van der Waals surface area contributed by atoms with Crippen LogP contribution < -0.4 is 0 Å². The highest BCUT2D eigenvalue weighted by Gasteiger charge is 2.38. The molecule has 4 heterocycles. The van der Waals surface area contributed by atoms with Crippen LogP contribution in [-0.2, 0) is 0 Å². The van der Waals surface area contributed by atoms with Gasteiger partial charge in [0.1, 0.15) is 12.0 Å². The normalized spacial score (nSPS) is 24.8. The maximum atomic E-state index is 13.0. The zero-order valence-electron chi connectivity index (χ0n) is 14.2. The van der Waals surface area contributed by atoms with Gasteiger partial charge >= 0.3 is 0 Å². The first-order valence-corrected chi connectivity index (χ1v) is 9.53. The molecule has 0 aromatic carbocycles. The Morgan fingerprint density at radius 1 is 1.29 bits per heavy atom. The van der Waals surface area contributed by atoms with Crippen LogP contribution in [0.1, 0.15) is 41.0 Å². The van der Waals surface area contributed by atoms with E-state index in [9.17, 15) is 4.79 Å². The molecule has 6 heteroatoms. The summed E-state index contributed by atoms with van der Waals surface area (Å²) in [6.45, 7) is 3.96. The van der Waals surface area contributed by atoms with E-state index >= 15 is 0 Å². The minimum absolute atomic E-state index is 0.0970. The molecule has 2 aliphatic heterocycles. The molecule has 2 aliphatic rings. The van der Waals surface area contributed by atoms with E-state index in [-0.39, 0.29) is 5.91 Å². The van der Waals surface area contributed by atoms with Gasteiger partial charge in [-0.3, -0.25) is 4.79 Å². The number of hydrogen-bond acceptors (Lipinski definition) is 5. The van der Waals surface area contributed by atoms with Crippen molar-refractivity contribution in [3.05, 3.63) is 28.3 Å². The van der Waals surface area contributed by atoms with Crippen molar-refractivity contribution in [2.75, 3.05) is 20.1 Å². The van der Waals surface area contributed by atoms with Crippen LogP contribution in [0.4, 0.5) is 0 Å². The third kappa shape index (κ3) is 2.78. The van der Waals surface area contributed by atoms with E-state index in [0.717, 1.165) is 36.6 Å². The summed E-state index contributed by atoms with van der Waals surface area (Å²) < 4.78 is 5.61. The molecule has 2 aromatic heterocycles. The Kier molecular flexibility index (Phi) is 4.18. The number of likely N-dealkylation sites (tertiary alicyclic amines) is 2. The van der Waals surface area contributed by atoms with Crippen molar-refractivity contribution >= 4 is 17.2 Å². The van der Waals surface area contributed by atoms with E-state index in [2.05, 4.69) is 21.8 Å². The first kappa shape index (κ1) is 15.8. The van der Waals surface area contributed by atoms with Gasteiger partial charge in [0.15, 0.2) is 5.76 Å². The Labute approximate surface area is 146 Å². The first-order chi connectivity index (χ1) is 11.6. The van der Waals surface area contributed by atoms with Crippen LogP contribution in [0, 0.1) is 6.92 Å². The SMILES string of the molecule is Cc1nc(-c2cc(C(=O)N3CCC[C@@H]3[C@H]3CCCN3C)co2)cs1. The minimum atomic E-state index is 0.0970. The highest BCUT2D eigenvalue weighted by atomic mass is 32.1. The molecule has 0 N–H and O–H groups in total. The van der Waals surface area contributed by atoms with Crippen LogP contribution in [0.2, 0.25) is 0 Å². The molecular formula is C18H23N3O2S. The second-order valence-corrected chi connectivity index (χ2v) is 7.91. The lowest BCUT2D eigenvalue weighted by Crippen LogP contribution is -2.47. The van der Waals surface area contributed by atoms with E-state index in [1.54, 1.807) is 17.6 Å². The van der Waals surface area contributed by atoms with Gasteiger partial charge in [-0.1, -0.05) is 0 Å². The summed E-state index contributed by atoms with van der Waals surface area (Å²) in [6.07, 6.45) is 6.21. The molecule has 2 fully saturated rings. The van der Waals surface area contributed by atoms with Crippen molar-refractivity contribution in [2.45, 2.75) is 44.7 Å². The Hall–Kier alpha value is -1.66. The molecule has 5 nitrogen and oxygen atoms in total. The smallest absolute Gasteiger partial charge is 0.257 e. The Morgan fingerprint density at radius 2 is 2.08 bits per heavy atom. The van der Waals surface area contributed by atoms with Gasteiger partial charge in [-0.2, -0.15) is 0 Å². The number of aromatic nitrogens is 1. The minimum Gasteiger partial charge on any atom is -0.462 e. The van der Waals surface area contributed by atoms with Gasteiger partial charge in [0.2, 0.25) is 0 Å². The van der Waals surface area contributed by atoms with E-state index in [1.165, 1.54) is 12.8 Å². The van der Waals surface area contributed by atoms with E-state index in [4.69, 9.17) is 4.42 Å². The Bertz CT molecular complexity index is 738. The third-order valence-electron chi connectivity index (χ3n) is 5.30. The van der Waals surface area contributed by atoms with Gasteiger partial charge in [-0.25, -0.2) is 4.98 Å². The van der Waals surface area contributed by atoms with Crippen molar-refractivity contribution < 1.29 is 9.21 Å². The molecule has 4 rings (SSSR count). The van der Waals surface area contributed by atoms with Gasteiger partial charge in [0.25, 0.3) is 5.91 Å². The molecule has 0 aliphatic carbocycles. The lowest BCUT2D eigenvalue weighted by Gasteiger charge is -2.33. The fourth-order valence-electron chi connectivity index (χ4n) is 4.09. The fraction of sp³-hybridized carbons (Fsp3) is 0.556. The van der Waals surface area contributed by atoms with Gasteiger partial charge < -0.3 is 14.2 Å². The second kappa shape index (κ2) is 6.33. The molecule has 128 valence electrons. The predicted octanol–water partition coefficient (Wildman–Crippen LogP) is 3.41. The van der Waals surface area contributed by atoms with Crippen molar-refractivity contribution in [3.63, 3.8) is 0 Å². The Morgan fingerprint density at radius 3 is 2.79 bits per heavy atom. The van der Waals surface area contributed by atoms with Crippen LogP contribution in [0.25, 0.3) is 11.5 Å². The predicted molar refractivity (Wildman–Crippen MR) is 94.3 cm³/mol. The number of hydrogen-bond donors (Lipinski definition) is 0. The van der Waals surface area contributed by atoms with Crippen LogP contribution >= 0.6 is 11.3 Å². The molecule has 0 radical (unpaired) electrons. The van der Waals surface area contributed by atoms with Crippen LogP contribution in [-0.4, -0.2) is 52.9 Å². The number of rotatable bonds is 3. The number of nitrogens with zero attached hydrogens (tertiary/aromatic N) is 3. The number of carbonyl (C=O) groups is 1. The molecule has 2 aromatic rings. The maximum absolute atomic E-state index is 13.0. The number of carbonyl (C=O) groups excluding carboxylic acids is 1. The number of thiazole rings is 1. The van der Waals surface area contributed by atoms with Crippen molar-refractivity contribution in [2.24, 2.45) is 0 Å². The summed E-state index contributed by atoms with van der Waals surface area (Å²) in [6, 6.07) is 2.68. The quantitative estimate of drug-likeness (QED) is 0.855. The van der Waals surface area contributed by atoms with Crippen molar-refractivity contribution in [3.8, 4) is 11.5 Å². The standard InChI is InChI=1S/C18H23N3O2S/c1-12-19-14(11-24-12)17-9-13(10-23-17)18(22)21-8-4-6-16(21)15-5-3-7-20(15)2/h9-11,15-16H,3-8H2,1-2H3/t15-,16-/m1/s1. The number of furan rings is 1. The zero-order chi connectivity index (χ0) is 16.7. The molecule has 0 spiro atoms. The highest BCUT2D eigenvalue weighted by molar-refractivity contribution is 7.09. The van der Waals surface area contributed by atoms with Crippen molar-refractivity contribution in [1.82, 2.24) is 14.8 Å². The lowest BCUT2D eigenvalue weighted by atomic mass is 10.0. The van der Waals surface area contributed by atoms with E-state index in [0.29, 0.717) is 23.4 Å². The van der Waals surface area contributed by atoms with E-state index < -0.39 is 0 Å². The average molecular weight is 345 g/mol. The third-order valence-corrected chi connectivity index (χ3v) is 6.07. The summed E-state index contributed by atoms with van der Waals surface area (Å²) >= 11 is 1.59. The molecule has 24 heavy (non-hydrogen) atoms. The van der Waals surface area contributed by atoms with Crippen LogP contribution in [0.15, 0.2) is 22.1 Å². The molecule has 0 saturated carbocycles. The number of likely N-dealkylation sites (N-methyl/N-ethyl adjacent to an activating group) is 1. The van der Waals surface area contributed by atoms with Gasteiger partial charge in [-0.05, 0) is 52.3 Å². The van der Waals surface area contributed by atoms with Crippen molar-refractivity contribution in [1.29, 1.82) is 0 Å². The first-order valence-electron chi connectivity index (χ1n) is 8.66. The highest BCUT2D eigenvalue weighted by Crippen LogP contribution is 2.31. The summed E-state index contributed by atoms with van der Waals surface area (Å²) in [5, 5.41) is 2.97. The molecule has 2 atom stereocenters. The number of aryl methyl sites for hydroxylation is 1.